The van der Waals surface area contributed by atoms with E-state index in [-0.39, 0.29) is 11.6 Å². The number of urea groups is 1. The van der Waals surface area contributed by atoms with Gasteiger partial charge in [0.25, 0.3) is 5.91 Å². The smallest absolute Gasteiger partial charge is 0.320 e. The molecule has 3 aromatic rings. The van der Waals surface area contributed by atoms with Crippen molar-refractivity contribution in [3.05, 3.63) is 58.7 Å². The lowest BCUT2D eigenvalue weighted by atomic mass is 9.96. The minimum absolute atomic E-state index is 0.0180. The Morgan fingerprint density at radius 3 is 2.63 bits per heavy atom. The number of likely N-dealkylation sites (tertiary alicyclic amines) is 1. The van der Waals surface area contributed by atoms with Crippen molar-refractivity contribution in [3.63, 3.8) is 0 Å². The van der Waals surface area contributed by atoms with Crippen molar-refractivity contribution in [2.75, 3.05) is 25.0 Å². The molecule has 3 amide bonds. The zero-order chi connectivity index (χ0) is 23.9. The summed E-state index contributed by atoms with van der Waals surface area (Å²) in [5, 5.41) is 11.2. The number of hydrogen-bond acceptors (Lipinski definition) is 5. The van der Waals surface area contributed by atoms with E-state index < -0.39 is 11.7 Å². The molecule has 35 heavy (non-hydrogen) atoms. The number of aryl methyl sites for hydroxylation is 1. The number of fused-ring (bicyclic) bond motifs is 2. The second kappa shape index (κ2) is 8.75. The van der Waals surface area contributed by atoms with Crippen molar-refractivity contribution in [3.8, 4) is 11.5 Å². The average molecular weight is 476 g/mol. The number of carbonyl (C=O) groups is 2. The monoisotopic (exact) mass is 475 g/mol. The Morgan fingerprint density at radius 1 is 0.914 bits per heavy atom. The molecule has 3 aliphatic heterocycles. The van der Waals surface area contributed by atoms with E-state index in [1.165, 1.54) is 6.07 Å². The highest BCUT2D eigenvalue weighted by atomic mass is 19.1. The number of nitrogens with one attached hydrogen (secondary N) is 1. The fourth-order valence-electron chi connectivity index (χ4n) is 5.18. The highest BCUT2D eigenvalue weighted by Gasteiger charge is 2.28. The third-order valence-corrected chi connectivity index (χ3v) is 7.02. The Hall–Kier alpha value is -3.82. The van der Waals surface area contributed by atoms with Crippen LogP contribution in [0, 0.1) is 5.82 Å². The van der Waals surface area contributed by atoms with Crippen LogP contribution in [0.25, 0.3) is 11.5 Å². The first-order valence-corrected chi connectivity index (χ1v) is 12.1. The average Bonchev–Trinajstić information content (AvgIpc) is 3.62. The summed E-state index contributed by atoms with van der Waals surface area (Å²) in [5.41, 5.74) is 2.18. The van der Waals surface area contributed by atoms with E-state index >= 15 is 0 Å². The zero-order valence-corrected chi connectivity index (χ0v) is 19.3. The van der Waals surface area contributed by atoms with E-state index in [1.807, 2.05) is 15.5 Å². The normalized spacial score (nSPS) is 16.8. The van der Waals surface area contributed by atoms with Crippen LogP contribution in [-0.4, -0.2) is 61.1 Å². The number of amides is 3. The van der Waals surface area contributed by atoms with Crippen molar-refractivity contribution in [2.24, 2.45) is 0 Å². The summed E-state index contributed by atoms with van der Waals surface area (Å²) in [6.07, 6.45) is 4.54. The van der Waals surface area contributed by atoms with Gasteiger partial charge in [0, 0.05) is 39.1 Å². The molecule has 9 nitrogen and oxygen atoms in total. The van der Waals surface area contributed by atoms with E-state index in [1.54, 1.807) is 23.1 Å². The predicted octanol–water partition coefficient (Wildman–Crippen LogP) is 3.25. The van der Waals surface area contributed by atoms with Crippen LogP contribution in [0.15, 0.2) is 30.3 Å². The van der Waals surface area contributed by atoms with E-state index in [4.69, 9.17) is 0 Å². The van der Waals surface area contributed by atoms with Crippen LogP contribution in [0.1, 0.15) is 46.6 Å². The molecule has 10 heteroatoms. The van der Waals surface area contributed by atoms with Crippen molar-refractivity contribution >= 4 is 17.8 Å². The second-order valence-electron chi connectivity index (χ2n) is 9.31. The Balaban J connectivity index is 1.21. The molecule has 1 saturated heterocycles. The first-order valence-electron chi connectivity index (χ1n) is 12.1. The van der Waals surface area contributed by atoms with Crippen LogP contribution >= 0.6 is 0 Å². The van der Waals surface area contributed by atoms with Gasteiger partial charge in [0.05, 0.1) is 5.56 Å². The number of nitrogens with zero attached hydrogens (tertiary/aromatic N) is 6. The summed E-state index contributed by atoms with van der Waals surface area (Å²) in [4.78, 5) is 34.0. The standard InChI is InChI=1S/C25H26FN7O2/c26-19-14-16-8-12-32(25(35)31-9-1-2-10-31)15-17(16)13-18(19)24(34)28-21-6-3-5-20(27-21)23-30-29-22-7-4-11-33(22)23/h3,5-6,13-14H,1-2,4,7-12,15H2,(H,27,28,34). The molecule has 0 bridgehead atoms. The van der Waals surface area contributed by atoms with Gasteiger partial charge in [0.1, 0.15) is 23.2 Å². The molecule has 0 aliphatic carbocycles. The number of benzene rings is 1. The summed E-state index contributed by atoms with van der Waals surface area (Å²) in [6.45, 7) is 3.33. The van der Waals surface area contributed by atoms with Gasteiger partial charge in [0.15, 0.2) is 5.82 Å². The molecule has 5 heterocycles. The molecule has 6 rings (SSSR count). The van der Waals surface area contributed by atoms with Crippen LogP contribution in [0.2, 0.25) is 0 Å². The fraction of sp³-hybridized carbons (Fsp3) is 0.400. The minimum atomic E-state index is -0.579. The van der Waals surface area contributed by atoms with Gasteiger partial charge in [-0.15, -0.1) is 10.2 Å². The van der Waals surface area contributed by atoms with Gasteiger partial charge in [-0.1, -0.05) is 6.07 Å². The highest BCUT2D eigenvalue weighted by molar-refractivity contribution is 6.04. The van der Waals surface area contributed by atoms with Crippen LogP contribution in [0.3, 0.4) is 0 Å². The Bertz CT molecular complexity index is 1320. The van der Waals surface area contributed by atoms with Crippen LogP contribution < -0.4 is 5.32 Å². The first kappa shape index (κ1) is 21.7. The maximum Gasteiger partial charge on any atom is 0.320 e. The molecule has 0 atom stereocenters. The molecule has 2 aromatic heterocycles. The molecule has 0 saturated carbocycles. The third-order valence-electron chi connectivity index (χ3n) is 7.02. The fourth-order valence-corrected chi connectivity index (χ4v) is 5.18. The summed E-state index contributed by atoms with van der Waals surface area (Å²) in [7, 11) is 0. The Labute approximate surface area is 202 Å². The number of rotatable bonds is 3. The maximum atomic E-state index is 14.9. The van der Waals surface area contributed by atoms with E-state index in [2.05, 4.69) is 20.5 Å². The van der Waals surface area contributed by atoms with E-state index in [9.17, 15) is 14.0 Å². The van der Waals surface area contributed by atoms with Gasteiger partial charge in [0.2, 0.25) is 0 Å². The highest BCUT2D eigenvalue weighted by Crippen LogP contribution is 2.26. The number of aromatic nitrogens is 4. The molecular weight excluding hydrogens is 449 g/mol. The number of carbonyl (C=O) groups excluding carboxylic acids is 2. The van der Waals surface area contributed by atoms with Gasteiger partial charge >= 0.3 is 6.03 Å². The van der Waals surface area contributed by atoms with Gasteiger partial charge in [-0.25, -0.2) is 14.2 Å². The van der Waals surface area contributed by atoms with Crippen molar-refractivity contribution in [1.29, 1.82) is 0 Å². The summed E-state index contributed by atoms with van der Waals surface area (Å²) in [6, 6.07) is 8.26. The topological polar surface area (TPSA) is 96.2 Å². The lowest BCUT2D eigenvalue weighted by Gasteiger charge is -2.32. The molecule has 1 fully saturated rings. The number of pyridine rings is 1. The van der Waals surface area contributed by atoms with Crippen LogP contribution in [0.5, 0.6) is 0 Å². The minimum Gasteiger partial charge on any atom is -0.325 e. The molecule has 0 radical (unpaired) electrons. The van der Waals surface area contributed by atoms with Crippen molar-refractivity contribution in [1.82, 2.24) is 29.5 Å². The van der Waals surface area contributed by atoms with Gasteiger partial charge < -0.3 is 19.7 Å². The molecule has 0 unspecified atom stereocenters. The molecule has 180 valence electrons. The Kier molecular flexibility index (Phi) is 5.43. The largest absolute Gasteiger partial charge is 0.325 e. The maximum absolute atomic E-state index is 14.9. The molecule has 3 aliphatic rings. The SMILES string of the molecule is O=C(Nc1cccc(-c2nnc3n2CCC3)n1)c1cc2c(cc1F)CCN(C(=O)N1CCCC1)C2. The van der Waals surface area contributed by atoms with Crippen molar-refractivity contribution in [2.45, 2.75) is 45.2 Å². The molecular formula is C25H26FN7O2. The van der Waals surface area contributed by atoms with Gasteiger partial charge in [-0.3, -0.25) is 4.79 Å². The summed E-state index contributed by atoms with van der Waals surface area (Å²) in [5.74, 6) is 0.753. The number of hydrogen-bond donors (Lipinski definition) is 1. The Morgan fingerprint density at radius 2 is 1.77 bits per heavy atom. The van der Waals surface area contributed by atoms with E-state index in [0.29, 0.717) is 36.8 Å². The quantitative estimate of drug-likeness (QED) is 0.627. The lowest BCUT2D eigenvalue weighted by molar-refractivity contribution is 0.102. The molecule has 1 aromatic carbocycles. The van der Waals surface area contributed by atoms with Crippen LogP contribution in [-0.2, 0) is 25.9 Å². The van der Waals surface area contributed by atoms with Gasteiger partial charge in [-0.05, 0) is 61.1 Å². The summed E-state index contributed by atoms with van der Waals surface area (Å²) >= 11 is 0. The number of anilines is 1. The predicted molar refractivity (Wildman–Crippen MR) is 126 cm³/mol. The lowest BCUT2D eigenvalue weighted by Crippen LogP contribution is -2.44. The van der Waals surface area contributed by atoms with Crippen LogP contribution in [0.4, 0.5) is 15.0 Å². The van der Waals surface area contributed by atoms with Gasteiger partial charge in [-0.2, -0.15) is 0 Å². The first-order chi connectivity index (χ1) is 17.1. The van der Waals surface area contributed by atoms with Crippen molar-refractivity contribution < 1.29 is 14.0 Å². The second-order valence-corrected chi connectivity index (χ2v) is 9.31. The zero-order valence-electron chi connectivity index (χ0n) is 19.3. The molecule has 0 spiro atoms. The number of halogens is 1. The molecule has 1 N–H and O–H groups in total. The van der Waals surface area contributed by atoms with E-state index in [0.717, 1.165) is 62.3 Å². The summed E-state index contributed by atoms with van der Waals surface area (Å²) < 4.78 is 16.9. The third kappa shape index (κ3) is 4.02.